The molecule has 3 atom stereocenters. The summed E-state index contributed by atoms with van der Waals surface area (Å²) in [5, 5.41) is 28.2. The van der Waals surface area contributed by atoms with Crippen LogP contribution in [0, 0.1) is 28.1 Å². The van der Waals surface area contributed by atoms with E-state index in [0.29, 0.717) is 10.6 Å². The Morgan fingerprint density at radius 2 is 1.74 bits per heavy atom. The number of nitrogens with zero attached hydrogens (tertiary/aromatic N) is 5. The van der Waals surface area contributed by atoms with Crippen LogP contribution in [-0.2, 0) is 6.42 Å². The van der Waals surface area contributed by atoms with Gasteiger partial charge in [-0.2, -0.15) is 10.5 Å². The molecule has 0 amide bonds. The van der Waals surface area contributed by atoms with Gasteiger partial charge < -0.3 is 11.1 Å². The van der Waals surface area contributed by atoms with Gasteiger partial charge in [-0.05, 0) is 80.3 Å². The van der Waals surface area contributed by atoms with Gasteiger partial charge >= 0.3 is 0 Å². The predicted molar refractivity (Wildman–Crippen MR) is 150 cm³/mol. The zero-order valence-electron chi connectivity index (χ0n) is 21.6. The Morgan fingerprint density at radius 1 is 1.03 bits per heavy atom. The maximum absolute atomic E-state index is 10.1. The monoisotopic (exact) mass is 523 g/mol. The van der Waals surface area contributed by atoms with Gasteiger partial charge in [-0.1, -0.05) is 48.0 Å². The van der Waals surface area contributed by atoms with Crippen LogP contribution in [0.25, 0.3) is 5.69 Å². The molecule has 0 spiro atoms. The first kappa shape index (κ1) is 26.9. The summed E-state index contributed by atoms with van der Waals surface area (Å²) < 4.78 is 1.62. The van der Waals surface area contributed by atoms with E-state index in [9.17, 15) is 10.5 Å². The molecule has 38 heavy (non-hydrogen) atoms. The number of hydrogen-bond acceptors (Lipinski definition) is 6. The average Bonchev–Trinajstić information content (AvgIpc) is 3.37. The normalized spacial score (nSPS) is 13.7. The number of rotatable bonds is 9. The van der Waals surface area contributed by atoms with Crippen LogP contribution >= 0.6 is 11.6 Å². The fourth-order valence-electron chi connectivity index (χ4n) is 4.68. The standard InChI is InChI=1S/C30H30ClN7/c1-20(27(16-21-7-11-25(31)12-8-21)24-6-4-5-22(15-24)17-32)36-28(30(2,3)18-33)23-9-13-26(14-10-23)38-19-35-29(34)37-38/h4-15,19-20,27-28,36H,16H2,1-3H3,(H2,34,37). The van der Waals surface area contributed by atoms with Crippen molar-refractivity contribution in [3.05, 3.63) is 106 Å². The van der Waals surface area contributed by atoms with Gasteiger partial charge in [0.05, 0.1) is 34.8 Å². The van der Waals surface area contributed by atoms with Crippen LogP contribution in [0.15, 0.2) is 79.1 Å². The summed E-state index contributed by atoms with van der Waals surface area (Å²) in [6, 6.07) is 27.9. The van der Waals surface area contributed by atoms with Gasteiger partial charge in [-0.25, -0.2) is 9.67 Å². The molecule has 1 heterocycles. The third kappa shape index (κ3) is 6.20. The number of nitrogens with two attached hydrogens (primary N) is 1. The van der Waals surface area contributed by atoms with Gasteiger partial charge in [0, 0.05) is 17.0 Å². The van der Waals surface area contributed by atoms with Gasteiger partial charge in [0.1, 0.15) is 6.33 Å². The lowest BCUT2D eigenvalue weighted by atomic mass is 9.79. The number of anilines is 1. The Kier molecular flexibility index (Phi) is 8.12. The summed E-state index contributed by atoms with van der Waals surface area (Å²) in [6.45, 7) is 6.01. The highest BCUT2D eigenvalue weighted by molar-refractivity contribution is 6.30. The second-order valence-corrected chi connectivity index (χ2v) is 10.5. The SMILES string of the molecule is CC(NC(c1ccc(-n2cnc(N)n2)cc1)C(C)(C)C#N)C(Cc1ccc(Cl)cc1)c1cccc(C#N)c1. The summed E-state index contributed by atoms with van der Waals surface area (Å²) in [4.78, 5) is 3.99. The van der Waals surface area contributed by atoms with E-state index in [1.54, 1.807) is 11.0 Å². The zero-order chi connectivity index (χ0) is 27.3. The molecule has 3 aromatic carbocycles. The molecule has 192 valence electrons. The molecule has 0 saturated heterocycles. The van der Waals surface area contributed by atoms with Crippen molar-refractivity contribution in [2.75, 3.05) is 5.73 Å². The topological polar surface area (TPSA) is 116 Å². The van der Waals surface area contributed by atoms with Crippen molar-refractivity contribution in [2.45, 2.75) is 45.2 Å². The zero-order valence-corrected chi connectivity index (χ0v) is 22.4. The molecule has 0 fully saturated rings. The summed E-state index contributed by atoms with van der Waals surface area (Å²) in [7, 11) is 0. The number of nitrogens with one attached hydrogen (secondary N) is 1. The predicted octanol–water partition coefficient (Wildman–Crippen LogP) is 5.97. The Bertz CT molecular complexity index is 1460. The van der Waals surface area contributed by atoms with Crippen molar-refractivity contribution >= 4 is 17.5 Å². The molecular formula is C30H30ClN7. The van der Waals surface area contributed by atoms with E-state index in [0.717, 1.165) is 28.8 Å². The molecule has 0 radical (unpaired) electrons. The highest BCUT2D eigenvalue weighted by Crippen LogP contribution is 2.36. The Morgan fingerprint density at radius 3 is 2.34 bits per heavy atom. The number of hydrogen-bond donors (Lipinski definition) is 2. The first-order valence-corrected chi connectivity index (χ1v) is 12.8. The molecule has 7 nitrogen and oxygen atoms in total. The van der Waals surface area contributed by atoms with Gasteiger partial charge in [-0.15, -0.1) is 5.10 Å². The van der Waals surface area contributed by atoms with Crippen LogP contribution < -0.4 is 11.1 Å². The molecule has 8 heteroatoms. The fraction of sp³-hybridized carbons (Fsp3) is 0.267. The van der Waals surface area contributed by atoms with Crippen LogP contribution in [0.2, 0.25) is 5.02 Å². The second kappa shape index (κ2) is 11.5. The minimum atomic E-state index is -0.702. The minimum Gasteiger partial charge on any atom is -0.366 e. The maximum Gasteiger partial charge on any atom is 0.239 e. The molecule has 3 unspecified atom stereocenters. The van der Waals surface area contributed by atoms with E-state index >= 15 is 0 Å². The Labute approximate surface area is 228 Å². The van der Waals surface area contributed by atoms with Crippen molar-refractivity contribution in [3.8, 4) is 17.8 Å². The molecule has 1 aromatic heterocycles. The molecular weight excluding hydrogens is 494 g/mol. The van der Waals surface area contributed by atoms with Crippen LogP contribution in [-0.4, -0.2) is 20.8 Å². The van der Waals surface area contributed by atoms with Crippen molar-refractivity contribution in [2.24, 2.45) is 5.41 Å². The number of benzene rings is 3. The van der Waals surface area contributed by atoms with E-state index < -0.39 is 5.41 Å². The summed E-state index contributed by atoms with van der Waals surface area (Å²) in [5.41, 5.74) is 9.60. The smallest absolute Gasteiger partial charge is 0.239 e. The van der Waals surface area contributed by atoms with Gasteiger partial charge in [-0.3, -0.25) is 0 Å². The second-order valence-electron chi connectivity index (χ2n) is 10.0. The van der Waals surface area contributed by atoms with Crippen molar-refractivity contribution in [3.63, 3.8) is 0 Å². The summed E-state index contributed by atoms with van der Waals surface area (Å²) in [6.07, 6.45) is 2.31. The molecule has 4 aromatic rings. The van der Waals surface area contributed by atoms with Gasteiger partial charge in [0.25, 0.3) is 0 Å². The highest BCUT2D eigenvalue weighted by atomic mass is 35.5. The third-order valence-electron chi connectivity index (χ3n) is 6.86. The molecule has 0 bridgehead atoms. The van der Waals surface area contributed by atoms with E-state index in [2.05, 4.69) is 40.5 Å². The summed E-state index contributed by atoms with van der Waals surface area (Å²) >= 11 is 6.13. The molecule has 0 aliphatic carbocycles. The largest absolute Gasteiger partial charge is 0.366 e. The van der Waals surface area contributed by atoms with Gasteiger partial charge in [0.15, 0.2) is 0 Å². The average molecular weight is 524 g/mol. The molecule has 0 aliphatic rings. The number of nitriles is 2. The van der Waals surface area contributed by atoms with Gasteiger partial charge in [0.2, 0.25) is 5.95 Å². The highest BCUT2D eigenvalue weighted by Gasteiger charge is 2.34. The first-order valence-electron chi connectivity index (χ1n) is 12.4. The number of halogens is 1. The molecule has 3 N–H and O–H groups in total. The summed E-state index contributed by atoms with van der Waals surface area (Å²) in [5.74, 6) is 0.249. The molecule has 0 saturated carbocycles. The first-order chi connectivity index (χ1) is 18.2. The Balaban J connectivity index is 1.67. The van der Waals surface area contributed by atoms with Crippen LogP contribution in [0.1, 0.15) is 55.0 Å². The van der Waals surface area contributed by atoms with Crippen LogP contribution in [0.4, 0.5) is 5.95 Å². The maximum atomic E-state index is 10.1. The fourth-order valence-corrected chi connectivity index (χ4v) is 4.81. The van der Waals surface area contributed by atoms with Crippen LogP contribution in [0.5, 0.6) is 0 Å². The van der Waals surface area contributed by atoms with Crippen LogP contribution in [0.3, 0.4) is 0 Å². The molecule has 0 aliphatic heterocycles. The Hall–Kier alpha value is -4.17. The third-order valence-corrected chi connectivity index (χ3v) is 7.11. The van der Waals surface area contributed by atoms with E-state index in [-0.39, 0.29) is 23.9 Å². The van der Waals surface area contributed by atoms with E-state index in [1.807, 2.05) is 80.6 Å². The van der Waals surface area contributed by atoms with Crippen molar-refractivity contribution < 1.29 is 0 Å². The lowest BCUT2D eigenvalue weighted by molar-refractivity contribution is 0.281. The number of aromatic nitrogens is 3. The van der Waals surface area contributed by atoms with E-state index in [4.69, 9.17) is 17.3 Å². The lowest BCUT2D eigenvalue weighted by Crippen LogP contribution is -2.42. The van der Waals surface area contributed by atoms with Crippen molar-refractivity contribution in [1.82, 2.24) is 20.1 Å². The quantitative estimate of drug-likeness (QED) is 0.279. The van der Waals surface area contributed by atoms with E-state index in [1.165, 1.54) is 0 Å². The number of nitrogen functional groups attached to an aromatic ring is 1. The lowest BCUT2D eigenvalue weighted by Gasteiger charge is -2.36. The van der Waals surface area contributed by atoms with Crippen molar-refractivity contribution in [1.29, 1.82) is 10.5 Å². The minimum absolute atomic E-state index is 0.0352. The molecule has 4 rings (SSSR count).